The average molecular weight is 392 g/mol. The van der Waals surface area contributed by atoms with Crippen LogP contribution >= 0.6 is 23.4 Å². The average Bonchev–Trinajstić information content (AvgIpc) is 2.57. The van der Waals surface area contributed by atoms with Gasteiger partial charge in [0.05, 0.1) is 16.1 Å². The van der Waals surface area contributed by atoms with Gasteiger partial charge >= 0.3 is 0 Å². The number of nitrogens with zero attached hydrogens (tertiary/aromatic N) is 3. The first kappa shape index (κ1) is 18.9. The number of aromatic nitrogens is 3. The highest BCUT2D eigenvalue weighted by Gasteiger charge is 2.17. The van der Waals surface area contributed by atoms with E-state index in [-0.39, 0.29) is 10.6 Å². The molecule has 0 aliphatic carbocycles. The normalized spacial score (nSPS) is 11.3. The van der Waals surface area contributed by atoms with E-state index in [4.69, 9.17) is 11.6 Å². The number of aryl methyl sites for hydroxylation is 2. The SMILES string of the molecule is CCCCSc1nc2nc(C)cc(C)c2c(=O)n1-c1ccc(F)c(Cl)c1. The summed E-state index contributed by atoms with van der Waals surface area (Å²) in [5, 5.41) is 0.977. The van der Waals surface area contributed by atoms with Gasteiger partial charge in [-0.15, -0.1) is 0 Å². The molecule has 0 N–H and O–H groups in total. The molecule has 3 rings (SSSR count). The summed E-state index contributed by atoms with van der Waals surface area (Å²) in [6, 6.07) is 6.11. The Balaban J connectivity index is 2.29. The molecule has 0 spiro atoms. The number of unbranched alkanes of at least 4 members (excludes halogenated alkanes) is 1. The Hall–Kier alpha value is -1.92. The summed E-state index contributed by atoms with van der Waals surface area (Å²) in [5.74, 6) is 0.305. The minimum absolute atomic E-state index is 0.0299. The molecule has 7 heteroatoms. The van der Waals surface area contributed by atoms with Crippen molar-refractivity contribution in [2.24, 2.45) is 0 Å². The van der Waals surface area contributed by atoms with Gasteiger partial charge in [-0.25, -0.2) is 14.4 Å². The molecule has 0 radical (unpaired) electrons. The van der Waals surface area contributed by atoms with Gasteiger partial charge in [0.25, 0.3) is 5.56 Å². The molecule has 0 saturated heterocycles. The van der Waals surface area contributed by atoms with Gasteiger partial charge < -0.3 is 0 Å². The van der Waals surface area contributed by atoms with Gasteiger partial charge in [0.2, 0.25) is 0 Å². The fourth-order valence-electron chi connectivity index (χ4n) is 2.76. The largest absolute Gasteiger partial charge is 0.268 e. The van der Waals surface area contributed by atoms with Gasteiger partial charge in [-0.2, -0.15) is 0 Å². The van der Waals surface area contributed by atoms with Crippen LogP contribution in [0.5, 0.6) is 0 Å². The van der Waals surface area contributed by atoms with Crippen molar-refractivity contribution in [3.8, 4) is 5.69 Å². The molecule has 26 heavy (non-hydrogen) atoms. The number of thioether (sulfide) groups is 1. The molecule has 136 valence electrons. The molecular weight excluding hydrogens is 373 g/mol. The summed E-state index contributed by atoms with van der Waals surface area (Å²) in [5.41, 5.74) is 2.35. The van der Waals surface area contributed by atoms with Crippen LogP contribution < -0.4 is 5.56 Å². The molecule has 0 aliphatic heterocycles. The number of halogens is 2. The van der Waals surface area contributed by atoms with Crippen LogP contribution in [0.15, 0.2) is 34.2 Å². The molecule has 0 atom stereocenters. The lowest BCUT2D eigenvalue weighted by atomic mass is 10.2. The van der Waals surface area contributed by atoms with E-state index in [1.54, 1.807) is 0 Å². The van der Waals surface area contributed by atoms with Crippen LogP contribution in [0, 0.1) is 19.7 Å². The molecule has 3 aromatic rings. The van der Waals surface area contributed by atoms with E-state index in [1.165, 1.54) is 34.5 Å². The lowest BCUT2D eigenvalue weighted by molar-refractivity contribution is 0.627. The zero-order valence-electron chi connectivity index (χ0n) is 14.8. The summed E-state index contributed by atoms with van der Waals surface area (Å²) < 4.78 is 15.1. The third-order valence-electron chi connectivity index (χ3n) is 4.03. The Morgan fingerprint density at radius 1 is 1.23 bits per heavy atom. The second-order valence-corrected chi connectivity index (χ2v) is 7.58. The monoisotopic (exact) mass is 391 g/mol. The third-order valence-corrected chi connectivity index (χ3v) is 5.34. The Kier molecular flexibility index (Phi) is 5.63. The quantitative estimate of drug-likeness (QED) is 0.345. The standard InChI is InChI=1S/C19H19ClFN3OS/c1-4-5-8-26-19-23-17-16(11(2)9-12(3)22-17)18(25)24(19)13-6-7-15(21)14(20)10-13/h6-7,9-10H,4-5,8H2,1-3H3. The minimum Gasteiger partial charge on any atom is -0.268 e. The molecular formula is C19H19ClFN3OS. The van der Waals surface area contributed by atoms with Crippen LogP contribution in [0.1, 0.15) is 31.0 Å². The van der Waals surface area contributed by atoms with E-state index < -0.39 is 5.82 Å². The van der Waals surface area contributed by atoms with Crippen LogP contribution in [0.2, 0.25) is 5.02 Å². The van der Waals surface area contributed by atoms with Crippen molar-refractivity contribution in [2.45, 2.75) is 38.8 Å². The first-order chi connectivity index (χ1) is 12.4. The number of fused-ring (bicyclic) bond motifs is 1. The molecule has 0 saturated carbocycles. The number of benzene rings is 1. The summed E-state index contributed by atoms with van der Waals surface area (Å²) in [7, 11) is 0. The summed E-state index contributed by atoms with van der Waals surface area (Å²) in [6.45, 7) is 5.85. The minimum atomic E-state index is -0.522. The molecule has 0 fully saturated rings. The van der Waals surface area contributed by atoms with E-state index >= 15 is 0 Å². The Bertz CT molecular complexity index is 1040. The molecule has 0 bridgehead atoms. The van der Waals surface area contributed by atoms with Crippen LogP contribution in [0.25, 0.3) is 16.7 Å². The highest BCUT2D eigenvalue weighted by atomic mass is 35.5. The van der Waals surface area contributed by atoms with Gasteiger partial charge in [-0.05, 0) is 50.1 Å². The molecule has 0 aliphatic rings. The van der Waals surface area contributed by atoms with Gasteiger partial charge in [-0.1, -0.05) is 36.7 Å². The number of pyridine rings is 1. The van der Waals surface area contributed by atoms with Crippen molar-refractivity contribution < 1.29 is 4.39 Å². The van der Waals surface area contributed by atoms with Crippen molar-refractivity contribution in [3.63, 3.8) is 0 Å². The lowest BCUT2D eigenvalue weighted by Gasteiger charge is -2.14. The van der Waals surface area contributed by atoms with Crippen molar-refractivity contribution >= 4 is 34.4 Å². The summed E-state index contributed by atoms with van der Waals surface area (Å²) >= 11 is 7.43. The van der Waals surface area contributed by atoms with E-state index in [1.807, 2.05) is 19.9 Å². The van der Waals surface area contributed by atoms with Gasteiger partial charge in [0.15, 0.2) is 10.8 Å². The zero-order valence-corrected chi connectivity index (χ0v) is 16.4. The predicted octanol–water partition coefficient (Wildman–Crippen LogP) is 5.08. The Morgan fingerprint density at radius 3 is 2.69 bits per heavy atom. The molecule has 2 aromatic heterocycles. The fourth-order valence-corrected chi connectivity index (χ4v) is 4.02. The first-order valence-electron chi connectivity index (χ1n) is 8.41. The van der Waals surface area contributed by atoms with Crippen molar-refractivity contribution in [1.82, 2.24) is 14.5 Å². The summed E-state index contributed by atoms with van der Waals surface area (Å²) in [6.07, 6.45) is 2.05. The van der Waals surface area contributed by atoms with Crippen LogP contribution in [-0.4, -0.2) is 20.3 Å². The van der Waals surface area contributed by atoms with Gasteiger partial charge in [0.1, 0.15) is 5.82 Å². The molecule has 0 unspecified atom stereocenters. The maximum atomic E-state index is 13.6. The second-order valence-electron chi connectivity index (χ2n) is 6.11. The highest BCUT2D eigenvalue weighted by molar-refractivity contribution is 7.99. The highest BCUT2D eigenvalue weighted by Crippen LogP contribution is 2.25. The van der Waals surface area contributed by atoms with Gasteiger partial charge in [-0.3, -0.25) is 9.36 Å². The zero-order chi connectivity index (χ0) is 18.8. The molecule has 2 heterocycles. The lowest BCUT2D eigenvalue weighted by Crippen LogP contribution is -2.23. The van der Waals surface area contributed by atoms with Crippen LogP contribution in [-0.2, 0) is 0 Å². The summed E-state index contributed by atoms with van der Waals surface area (Å²) in [4.78, 5) is 22.3. The molecule has 4 nitrogen and oxygen atoms in total. The van der Waals surface area contributed by atoms with Crippen molar-refractivity contribution in [1.29, 1.82) is 0 Å². The van der Waals surface area contributed by atoms with Crippen molar-refractivity contribution in [2.75, 3.05) is 5.75 Å². The topological polar surface area (TPSA) is 47.8 Å². The van der Waals surface area contributed by atoms with E-state index in [0.717, 1.165) is 29.9 Å². The van der Waals surface area contributed by atoms with Crippen LogP contribution in [0.3, 0.4) is 0 Å². The molecule has 0 amide bonds. The maximum Gasteiger partial charge on any atom is 0.268 e. The predicted molar refractivity (Wildman–Crippen MR) is 105 cm³/mol. The number of hydrogen-bond acceptors (Lipinski definition) is 4. The van der Waals surface area contributed by atoms with Crippen molar-refractivity contribution in [3.05, 3.63) is 56.7 Å². The first-order valence-corrected chi connectivity index (χ1v) is 9.78. The maximum absolute atomic E-state index is 13.6. The number of rotatable bonds is 5. The molecule has 1 aromatic carbocycles. The Morgan fingerprint density at radius 2 is 2.00 bits per heavy atom. The van der Waals surface area contributed by atoms with E-state index in [0.29, 0.717) is 21.9 Å². The van der Waals surface area contributed by atoms with E-state index in [2.05, 4.69) is 16.9 Å². The smallest absolute Gasteiger partial charge is 0.268 e. The second kappa shape index (κ2) is 7.76. The van der Waals surface area contributed by atoms with E-state index in [9.17, 15) is 9.18 Å². The Labute approximate surface area is 160 Å². The third kappa shape index (κ3) is 3.62. The van der Waals surface area contributed by atoms with Gasteiger partial charge in [0, 0.05) is 11.4 Å². The number of hydrogen-bond donors (Lipinski definition) is 0. The fraction of sp³-hybridized carbons (Fsp3) is 0.316. The van der Waals surface area contributed by atoms with Crippen LogP contribution in [0.4, 0.5) is 4.39 Å².